The van der Waals surface area contributed by atoms with Crippen molar-refractivity contribution in [2.24, 2.45) is 0 Å². The second kappa shape index (κ2) is 7.08. The molecule has 0 spiro atoms. The van der Waals surface area contributed by atoms with Crippen LogP contribution < -0.4 is 5.32 Å². The van der Waals surface area contributed by atoms with Gasteiger partial charge in [0.05, 0.1) is 16.6 Å². The van der Waals surface area contributed by atoms with E-state index in [1.165, 1.54) is 11.3 Å². The Bertz CT molecular complexity index is 880. The molecule has 1 fully saturated rings. The van der Waals surface area contributed by atoms with Gasteiger partial charge >= 0.3 is 6.03 Å². The normalized spacial score (nSPS) is 16.0. The fourth-order valence-corrected chi connectivity index (χ4v) is 4.37. The maximum Gasteiger partial charge on any atom is 0.318 e. The zero-order valence-electron chi connectivity index (χ0n) is 14.3. The number of hydrogen-bond donors (Lipinski definition) is 1. The van der Waals surface area contributed by atoms with Gasteiger partial charge in [-0.25, -0.2) is 9.78 Å². The molecular formula is C17H19N5O2S2. The van der Waals surface area contributed by atoms with Crippen LogP contribution in [0.25, 0.3) is 4.96 Å². The molecule has 26 heavy (non-hydrogen) atoms. The minimum atomic E-state index is -0.166. The summed E-state index contributed by atoms with van der Waals surface area (Å²) in [7, 11) is 0. The van der Waals surface area contributed by atoms with Gasteiger partial charge in [-0.3, -0.25) is 9.20 Å². The van der Waals surface area contributed by atoms with E-state index in [1.54, 1.807) is 16.2 Å². The van der Waals surface area contributed by atoms with E-state index >= 15 is 0 Å². The van der Waals surface area contributed by atoms with Crippen molar-refractivity contribution in [1.82, 2.24) is 24.5 Å². The van der Waals surface area contributed by atoms with Gasteiger partial charge in [0, 0.05) is 44.0 Å². The zero-order valence-corrected chi connectivity index (χ0v) is 15.9. The Morgan fingerprint density at radius 3 is 2.62 bits per heavy atom. The Morgan fingerprint density at radius 1 is 1.15 bits per heavy atom. The number of piperazine rings is 1. The van der Waals surface area contributed by atoms with E-state index in [2.05, 4.69) is 10.3 Å². The van der Waals surface area contributed by atoms with Crippen molar-refractivity contribution in [2.75, 3.05) is 26.2 Å². The van der Waals surface area contributed by atoms with Crippen LogP contribution in [0, 0.1) is 0 Å². The summed E-state index contributed by atoms with van der Waals surface area (Å²) in [4.78, 5) is 34.7. The fraction of sp³-hybridized carbons (Fsp3) is 0.353. The first-order chi connectivity index (χ1) is 12.6. The van der Waals surface area contributed by atoms with Crippen LogP contribution in [0.1, 0.15) is 28.3 Å². The van der Waals surface area contributed by atoms with Crippen molar-refractivity contribution in [3.63, 3.8) is 0 Å². The summed E-state index contributed by atoms with van der Waals surface area (Å²) in [5.41, 5.74) is 0.844. The Morgan fingerprint density at radius 2 is 1.92 bits per heavy atom. The Labute approximate surface area is 158 Å². The van der Waals surface area contributed by atoms with Gasteiger partial charge in [-0.05, 0) is 18.4 Å². The quantitative estimate of drug-likeness (QED) is 0.749. The number of fused-ring (bicyclic) bond motifs is 1. The Kier molecular flexibility index (Phi) is 4.64. The van der Waals surface area contributed by atoms with Crippen LogP contribution in [0.15, 0.2) is 35.3 Å². The first-order valence-corrected chi connectivity index (χ1v) is 10.2. The third kappa shape index (κ3) is 3.32. The molecule has 0 saturated carbocycles. The topological polar surface area (TPSA) is 70.0 Å². The first-order valence-electron chi connectivity index (χ1n) is 8.42. The van der Waals surface area contributed by atoms with Gasteiger partial charge in [-0.15, -0.1) is 22.7 Å². The van der Waals surface area contributed by atoms with E-state index < -0.39 is 0 Å². The van der Waals surface area contributed by atoms with Crippen molar-refractivity contribution in [3.05, 3.63) is 45.9 Å². The van der Waals surface area contributed by atoms with Gasteiger partial charge in [0.1, 0.15) is 0 Å². The van der Waals surface area contributed by atoms with Crippen LogP contribution in [0.4, 0.5) is 4.79 Å². The average molecular weight is 390 g/mol. The molecule has 0 unspecified atom stereocenters. The number of hydrogen-bond acceptors (Lipinski definition) is 5. The van der Waals surface area contributed by atoms with Gasteiger partial charge in [-0.1, -0.05) is 6.07 Å². The predicted octanol–water partition coefficient (Wildman–Crippen LogP) is 2.69. The maximum absolute atomic E-state index is 12.5. The number of thiazole rings is 1. The minimum Gasteiger partial charge on any atom is -0.334 e. The van der Waals surface area contributed by atoms with Crippen molar-refractivity contribution in [1.29, 1.82) is 0 Å². The lowest BCUT2D eigenvalue weighted by Crippen LogP contribution is -2.53. The van der Waals surface area contributed by atoms with E-state index in [0.717, 1.165) is 15.5 Å². The lowest BCUT2D eigenvalue weighted by molar-refractivity contribution is 0.0668. The van der Waals surface area contributed by atoms with E-state index in [9.17, 15) is 9.59 Å². The van der Waals surface area contributed by atoms with Crippen LogP contribution in [0.3, 0.4) is 0 Å². The molecule has 0 aliphatic carbocycles. The van der Waals surface area contributed by atoms with Crippen molar-refractivity contribution >= 4 is 39.6 Å². The predicted molar refractivity (Wildman–Crippen MR) is 102 cm³/mol. The van der Waals surface area contributed by atoms with Gasteiger partial charge in [0.15, 0.2) is 4.96 Å². The number of amides is 3. The molecule has 9 heteroatoms. The number of thiophene rings is 1. The van der Waals surface area contributed by atoms with Gasteiger partial charge in [0.2, 0.25) is 0 Å². The SMILES string of the molecule is C[C@H](NC(=O)N1CCN(C(=O)c2cccs2)CC1)c1cn2ccsc2n1. The molecule has 1 N–H and O–H groups in total. The van der Waals surface area contributed by atoms with Crippen LogP contribution >= 0.6 is 22.7 Å². The number of nitrogens with one attached hydrogen (secondary N) is 1. The molecule has 1 aliphatic rings. The third-order valence-electron chi connectivity index (χ3n) is 4.48. The summed E-state index contributed by atoms with van der Waals surface area (Å²) in [6.45, 7) is 4.11. The van der Waals surface area contributed by atoms with Crippen LogP contribution in [-0.2, 0) is 0 Å². The Balaban J connectivity index is 1.32. The van der Waals surface area contributed by atoms with Crippen molar-refractivity contribution < 1.29 is 9.59 Å². The van der Waals surface area contributed by atoms with E-state index in [0.29, 0.717) is 26.2 Å². The van der Waals surface area contributed by atoms with Gasteiger partial charge in [-0.2, -0.15) is 0 Å². The lowest BCUT2D eigenvalue weighted by Gasteiger charge is -2.35. The smallest absolute Gasteiger partial charge is 0.318 e. The highest BCUT2D eigenvalue weighted by atomic mass is 32.1. The summed E-state index contributed by atoms with van der Waals surface area (Å²) >= 11 is 3.01. The van der Waals surface area contributed by atoms with Crippen LogP contribution in [-0.4, -0.2) is 57.3 Å². The second-order valence-corrected chi connectivity index (χ2v) is 8.01. The maximum atomic E-state index is 12.5. The highest BCUT2D eigenvalue weighted by Crippen LogP contribution is 2.18. The molecule has 3 amide bonds. The Hall–Kier alpha value is -2.39. The monoisotopic (exact) mass is 389 g/mol. The number of carbonyl (C=O) groups excluding carboxylic acids is 2. The molecular weight excluding hydrogens is 370 g/mol. The van der Waals surface area contributed by atoms with Gasteiger partial charge < -0.3 is 15.1 Å². The van der Waals surface area contributed by atoms with E-state index in [-0.39, 0.29) is 18.0 Å². The number of urea groups is 1. The fourth-order valence-electron chi connectivity index (χ4n) is 2.97. The van der Waals surface area contributed by atoms with E-state index in [1.807, 2.05) is 51.5 Å². The molecule has 4 heterocycles. The minimum absolute atomic E-state index is 0.0477. The lowest BCUT2D eigenvalue weighted by atomic mass is 10.2. The summed E-state index contributed by atoms with van der Waals surface area (Å²) in [5.74, 6) is 0.0477. The molecule has 1 aliphatic heterocycles. The van der Waals surface area contributed by atoms with Crippen LogP contribution in [0.5, 0.6) is 0 Å². The largest absolute Gasteiger partial charge is 0.334 e. The molecule has 0 radical (unpaired) electrons. The molecule has 3 aromatic rings. The molecule has 7 nitrogen and oxygen atoms in total. The zero-order chi connectivity index (χ0) is 18.1. The van der Waals surface area contributed by atoms with Crippen LogP contribution in [0.2, 0.25) is 0 Å². The summed E-state index contributed by atoms with van der Waals surface area (Å²) < 4.78 is 1.96. The van der Waals surface area contributed by atoms with Gasteiger partial charge in [0.25, 0.3) is 5.91 Å². The number of aromatic nitrogens is 2. The summed E-state index contributed by atoms with van der Waals surface area (Å²) in [6, 6.07) is 3.43. The molecule has 1 atom stereocenters. The molecule has 0 aromatic carbocycles. The molecule has 0 bridgehead atoms. The highest BCUT2D eigenvalue weighted by molar-refractivity contribution is 7.15. The third-order valence-corrected chi connectivity index (χ3v) is 6.11. The summed E-state index contributed by atoms with van der Waals surface area (Å²) in [6.07, 6.45) is 3.89. The summed E-state index contributed by atoms with van der Waals surface area (Å²) in [5, 5.41) is 6.88. The number of carbonyl (C=O) groups is 2. The average Bonchev–Trinajstić information content (AvgIpc) is 3.37. The number of rotatable bonds is 3. The standard InChI is InChI=1S/C17H19N5O2S2/c1-12(13-11-22-8-10-26-17(22)19-13)18-16(24)21-6-4-20(5-7-21)15(23)14-3-2-9-25-14/h2-3,8-12H,4-7H2,1H3,(H,18,24)/t12-/m0/s1. The molecule has 136 valence electrons. The molecule has 1 saturated heterocycles. The van der Waals surface area contributed by atoms with Crippen molar-refractivity contribution in [3.8, 4) is 0 Å². The second-order valence-electron chi connectivity index (χ2n) is 6.19. The first kappa shape index (κ1) is 17.0. The number of nitrogens with zero attached hydrogens (tertiary/aromatic N) is 4. The number of imidazole rings is 1. The highest BCUT2D eigenvalue weighted by Gasteiger charge is 2.26. The molecule has 4 rings (SSSR count). The van der Waals surface area contributed by atoms with E-state index in [4.69, 9.17) is 0 Å². The molecule has 3 aromatic heterocycles. The van der Waals surface area contributed by atoms with Crippen molar-refractivity contribution in [2.45, 2.75) is 13.0 Å².